The number of hydrogen-bond acceptors (Lipinski definition) is 5. The van der Waals surface area contributed by atoms with Crippen LogP contribution in [0.15, 0.2) is 29.2 Å². The first-order chi connectivity index (χ1) is 10.4. The Labute approximate surface area is 130 Å². The van der Waals surface area contributed by atoms with Crippen molar-refractivity contribution in [3.8, 4) is 5.75 Å². The molecule has 0 spiro atoms. The molecular weight excluding hydrogens is 308 g/mol. The van der Waals surface area contributed by atoms with Gasteiger partial charge in [0.15, 0.2) is 0 Å². The summed E-state index contributed by atoms with van der Waals surface area (Å²) < 4.78 is 36.9. The fraction of sp³-hybridized carbons (Fsp3) is 0.500. The Balaban J connectivity index is 2.44. The number of carbonyl (C=O) groups is 1. The van der Waals surface area contributed by atoms with E-state index in [1.54, 1.807) is 12.1 Å². The van der Waals surface area contributed by atoms with Crippen molar-refractivity contribution in [3.63, 3.8) is 0 Å². The lowest BCUT2D eigenvalue weighted by molar-refractivity contribution is -0.128. The molecule has 22 heavy (non-hydrogen) atoms. The van der Waals surface area contributed by atoms with Crippen LogP contribution in [-0.2, 0) is 19.6 Å². The zero-order chi connectivity index (χ0) is 16.4. The molecule has 1 aromatic carbocycles. The zero-order valence-electron chi connectivity index (χ0n) is 12.6. The van der Waals surface area contributed by atoms with Gasteiger partial charge in [-0.15, -0.1) is 0 Å². The summed E-state index contributed by atoms with van der Waals surface area (Å²) in [6.45, 7) is 0.179. The van der Waals surface area contributed by atoms with E-state index >= 15 is 0 Å². The first-order valence-corrected chi connectivity index (χ1v) is 8.28. The molecule has 8 heteroatoms. The van der Waals surface area contributed by atoms with Crippen LogP contribution in [0, 0.1) is 0 Å². The Morgan fingerprint density at radius 1 is 1.32 bits per heavy atom. The number of benzene rings is 1. The molecule has 0 saturated carbocycles. The fourth-order valence-corrected chi connectivity index (χ4v) is 4.58. The number of sulfonamides is 1. The van der Waals surface area contributed by atoms with Crippen molar-refractivity contribution in [1.29, 1.82) is 0 Å². The Morgan fingerprint density at radius 3 is 2.45 bits per heavy atom. The van der Waals surface area contributed by atoms with Crippen molar-refractivity contribution in [2.24, 2.45) is 5.73 Å². The second-order valence-corrected chi connectivity index (χ2v) is 7.05. The maximum Gasteiger partial charge on any atom is 0.244 e. The van der Waals surface area contributed by atoms with Crippen LogP contribution in [-0.4, -0.2) is 51.5 Å². The maximum atomic E-state index is 12.9. The third kappa shape index (κ3) is 2.69. The Hall–Kier alpha value is -1.64. The minimum Gasteiger partial charge on any atom is -0.497 e. The normalized spacial score (nSPS) is 22.6. The summed E-state index contributed by atoms with van der Waals surface area (Å²) in [6.07, 6.45) is 0.910. The third-order valence-electron chi connectivity index (χ3n) is 3.92. The van der Waals surface area contributed by atoms with Crippen LogP contribution in [0.4, 0.5) is 0 Å². The minimum atomic E-state index is -3.84. The average molecular weight is 328 g/mol. The van der Waals surface area contributed by atoms with Crippen LogP contribution in [0.5, 0.6) is 5.75 Å². The molecule has 2 rings (SSSR count). The van der Waals surface area contributed by atoms with Crippen LogP contribution in [0.3, 0.4) is 0 Å². The number of carbonyl (C=O) groups excluding carboxylic acids is 1. The largest absolute Gasteiger partial charge is 0.497 e. The van der Waals surface area contributed by atoms with Gasteiger partial charge in [0.2, 0.25) is 15.9 Å². The zero-order valence-corrected chi connectivity index (χ0v) is 13.4. The van der Waals surface area contributed by atoms with Gasteiger partial charge in [-0.25, -0.2) is 8.42 Å². The summed E-state index contributed by atoms with van der Waals surface area (Å²) in [7, 11) is -0.923. The van der Waals surface area contributed by atoms with Crippen LogP contribution in [0.1, 0.15) is 12.8 Å². The van der Waals surface area contributed by atoms with E-state index in [1.165, 1.54) is 26.4 Å². The number of nitrogens with zero attached hydrogens (tertiary/aromatic N) is 1. The molecule has 2 N–H and O–H groups in total. The molecule has 1 fully saturated rings. The number of amides is 1. The van der Waals surface area contributed by atoms with E-state index in [-0.39, 0.29) is 18.0 Å². The van der Waals surface area contributed by atoms with Crippen molar-refractivity contribution < 1.29 is 22.7 Å². The average Bonchev–Trinajstić information content (AvgIpc) is 2.93. The van der Waals surface area contributed by atoms with Crippen LogP contribution < -0.4 is 10.5 Å². The highest BCUT2D eigenvalue weighted by Gasteiger charge is 2.52. The topological polar surface area (TPSA) is 98.9 Å². The van der Waals surface area contributed by atoms with E-state index < -0.39 is 21.5 Å². The van der Waals surface area contributed by atoms with Gasteiger partial charge in [-0.2, -0.15) is 4.31 Å². The van der Waals surface area contributed by atoms with Crippen LogP contribution >= 0.6 is 0 Å². The predicted octanol–water partition coefficient (Wildman–Crippen LogP) is 0.350. The van der Waals surface area contributed by atoms with Gasteiger partial charge >= 0.3 is 0 Å². The summed E-state index contributed by atoms with van der Waals surface area (Å²) in [5, 5.41) is 0. The van der Waals surface area contributed by atoms with Gasteiger partial charge in [0.05, 0.1) is 18.6 Å². The van der Waals surface area contributed by atoms with Gasteiger partial charge in [0.1, 0.15) is 11.3 Å². The van der Waals surface area contributed by atoms with E-state index in [4.69, 9.17) is 15.2 Å². The number of hydrogen-bond donors (Lipinski definition) is 1. The number of methoxy groups -OCH3 is 2. The van der Waals surface area contributed by atoms with Gasteiger partial charge in [-0.3, -0.25) is 4.79 Å². The summed E-state index contributed by atoms with van der Waals surface area (Å²) >= 11 is 0. The summed E-state index contributed by atoms with van der Waals surface area (Å²) in [4.78, 5) is 12.0. The van der Waals surface area contributed by atoms with Gasteiger partial charge in [-0.1, -0.05) is 0 Å². The van der Waals surface area contributed by atoms with E-state index in [2.05, 4.69) is 0 Å². The van der Waals surface area contributed by atoms with Gasteiger partial charge < -0.3 is 15.2 Å². The molecule has 1 saturated heterocycles. The first kappa shape index (κ1) is 16.7. The second kappa shape index (κ2) is 6.23. The summed E-state index contributed by atoms with van der Waals surface area (Å²) in [6, 6.07) is 6.02. The van der Waals surface area contributed by atoms with E-state index in [0.29, 0.717) is 18.6 Å². The molecule has 1 aliphatic rings. The molecule has 122 valence electrons. The lowest BCUT2D eigenvalue weighted by atomic mass is 9.98. The van der Waals surface area contributed by atoms with Crippen LogP contribution in [0.25, 0.3) is 0 Å². The number of primary amides is 1. The third-order valence-corrected chi connectivity index (χ3v) is 5.90. The van der Waals surface area contributed by atoms with E-state index in [0.717, 1.165) is 4.31 Å². The Kier molecular flexibility index (Phi) is 4.74. The smallest absolute Gasteiger partial charge is 0.244 e. The van der Waals surface area contributed by atoms with Crippen molar-refractivity contribution in [1.82, 2.24) is 4.31 Å². The van der Waals surface area contributed by atoms with Crippen molar-refractivity contribution in [3.05, 3.63) is 24.3 Å². The predicted molar refractivity (Wildman–Crippen MR) is 79.9 cm³/mol. The highest BCUT2D eigenvalue weighted by Crippen LogP contribution is 2.35. The molecule has 1 atom stereocenters. The first-order valence-electron chi connectivity index (χ1n) is 6.84. The monoisotopic (exact) mass is 328 g/mol. The second-order valence-electron chi connectivity index (χ2n) is 5.19. The van der Waals surface area contributed by atoms with Crippen molar-refractivity contribution >= 4 is 15.9 Å². The lowest BCUT2D eigenvalue weighted by Crippen LogP contribution is -2.58. The van der Waals surface area contributed by atoms with E-state index in [1.807, 2.05) is 0 Å². The maximum absolute atomic E-state index is 12.9. The molecule has 0 aromatic heterocycles. The standard InChI is InChI=1S/C14H20N2O5S/c1-20-10-14(13(15)17)8-3-9-16(14)22(18,19)12-6-4-11(21-2)5-7-12/h4-7H,3,8-10H2,1-2H3,(H2,15,17). The fourth-order valence-electron chi connectivity index (χ4n) is 2.78. The highest BCUT2D eigenvalue weighted by molar-refractivity contribution is 7.89. The van der Waals surface area contributed by atoms with E-state index in [9.17, 15) is 13.2 Å². The van der Waals surface area contributed by atoms with Crippen LogP contribution in [0.2, 0.25) is 0 Å². The Morgan fingerprint density at radius 2 is 1.95 bits per heavy atom. The molecule has 1 aromatic rings. The molecule has 0 radical (unpaired) electrons. The highest BCUT2D eigenvalue weighted by atomic mass is 32.2. The minimum absolute atomic E-state index is 0.0578. The number of rotatable bonds is 6. The van der Waals surface area contributed by atoms with Crippen molar-refractivity contribution in [2.45, 2.75) is 23.3 Å². The summed E-state index contributed by atoms with van der Waals surface area (Å²) in [5.41, 5.74) is 4.16. The van der Waals surface area contributed by atoms with Gasteiger partial charge in [0.25, 0.3) is 0 Å². The quantitative estimate of drug-likeness (QED) is 0.812. The molecule has 0 aliphatic carbocycles. The molecule has 7 nitrogen and oxygen atoms in total. The van der Waals surface area contributed by atoms with Gasteiger partial charge in [-0.05, 0) is 37.1 Å². The molecule has 1 heterocycles. The molecule has 1 aliphatic heterocycles. The lowest BCUT2D eigenvalue weighted by Gasteiger charge is -2.34. The van der Waals surface area contributed by atoms with Gasteiger partial charge in [0, 0.05) is 13.7 Å². The molecule has 1 amide bonds. The summed E-state index contributed by atoms with van der Waals surface area (Å²) in [5.74, 6) is -0.137. The number of nitrogens with two attached hydrogens (primary N) is 1. The molecular formula is C14H20N2O5S. The SMILES string of the molecule is COCC1(C(N)=O)CCCN1S(=O)(=O)c1ccc(OC)cc1. The number of ether oxygens (including phenoxy) is 2. The Bertz CT molecular complexity index is 644. The van der Waals surface area contributed by atoms with Crippen molar-refractivity contribution in [2.75, 3.05) is 27.4 Å². The molecule has 1 unspecified atom stereocenters. The molecule has 0 bridgehead atoms.